The Morgan fingerprint density at radius 1 is 1.31 bits per heavy atom. The molecule has 1 aliphatic heterocycles. The van der Waals surface area contributed by atoms with Gasteiger partial charge in [-0.15, -0.1) is 0 Å². The van der Waals surface area contributed by atoms with Gasteiger partial charge in [0, 0.05) is 31.8 Å². The molecule has 1 saturated carbocycles. The van der Waals surface area contributed by atoms with Crippen molar-refractivity contribution >= 4 is 42.7 Å². The standard InChI is InChI=1S/C24H37FN4O4SSi/c1-22(2,3)33-21(31)29(14-32-10-11-35(5,6)7)20-28-23(4,16-12-15(26)8-9-17(16)25)18-13-24(18,34-20)19(27)30/h8-9,12,18H,10-11,13-14,26H2,1-7H3,(H2,27,30)/t18-,23+,24-/m0/s1. The van der Waals surface area contributed by atoms with E-state index in [0.717, 1.165) is 17.8 Å². The van der Waals surface area contributed by atoms with Gasteiger partial charge in [-0.25, -0.2) is 14.1 Å². The van der Waals surface area contributed by atoms with Crippen molar-refractivity contribution < 1.29 is 23.5 Å². The van der Waals surface area contributed by atoms with Gasteiger partial charge in [-0.05, 0) is 58.4 Å². The minimum Gasteiger partial charge on any atom is -0.443 e. The first kappa shape index (κ1) is 27.5. The van der Waals surface area contributed by atoms with Crippen LogP contribution in [0.25, 0.3) is 0 Å². The SMILES string of the molecule is CC(C)(C)OC(=O)N(COCC[Si](C)(C)C)C1=N[C@](C)(c2cc(N)ccc2F)[C@@H]2C[C@]2(C(N)=O)S1. The zero-order valence-corrected chi connectivity index (χ0v) is 23.4. The molecule has 0 aromatic heterocycles. The van der Waals surface area contributed by atoms with Crippen molar-refractivity contribution in [3.8, 4) is 0 Å². The van der Waals surface area contributed by atoms with E-state index in [-0.39, 0.29) is 23.4 Å². The lowest BCUT2D eigenvalue weighted by Crippen LogP contribution is -2.48. The van der Waals surface area contributed by atoms with Crippen LogP contribution >= 0.6 is 11.8 Å². The van der Waals surface area contributed by atoms with E-state index in [1.54, 1.807) is 27.7 Å². The molecule has 1 heterocycles. The summed E-state index contributed by atoms with van der Waals surface area (Å²) in [6.07, 6.45) is -0.255. The zero-order valence-electron chi connectivity index (χ0n) is 21.6. The van der Waals surface area contributed by atoms with Crippen LogP contribution in [-0.2, 0) is 19.8 Å². The fourth-order valence-corrected chi connectivity index (χ4v) is 6.40. The Labute approximate surface area is 212 Å². The molecule has 8 nitrogen and oxygen atoms in total. The maximum atomic E-state index is 15.0. The van der Waals surface area contributed by atoms with Gasteiger partial charge >= 0.3 is 6.09 Å². The van der Waals surface area contributed by atoms with Gasteiger partial charge in [0.05, 0.1) is 5.54 Å². The minimum atomic E-state index is -1.35. The molecule has 0 bridgehead atoms. The smallest absolute Gasteiger partial charge is 0.418 e. The average molecular weight is 525 g/mol. The Bertz CT molecular complexity index is 1040. The largest absolute Gasteiger partial charge is 0.443 e. The third-order valence-electron chi connectivity index (χ3n) is 6.20. The summed E-state index contributed by atoms with van der Waals surface area (Å²) >= 11 is 1.12. The average Bonchev–Trinajstić information content (AvgIpc) is 3.45. The second kappa shape index (κ2) is 9.40. The third kappa shape index (κ3) is 6.00. The molecule has 0 unspecified atom stereocenters. The Balaban J connectivity index is 2.03. The molecule has 1 aromatic rings. The topological polar surface area (TPSA) is 120 Å². The van der Waals surface area contributed by atoms with Crippen LogP contribution < -0.4 is 11.5 Å². The Morgan fingerprint density at radius 2 is 1.97 bits per heavy atom. The predicted octanol–water partition coefficient (Wildman–Crippen LogP) is 4.52. The summed E-state index contributed by atoms with van der Waals surface area (Å²) in [5.74, 6) is -1.36. The number of carbonyl (C=O) groups is 2. The number of primary amides is 1. The molecule has 1 fully saturated rings. The van der Waals surface area contributed by atoms with E-state index >= 15 is 4.39 Å². The molecule has 0 radical (unpaired) electrons. The quantitative estimate of drug-likeness (QED) is 0.234. The summed E-state index contributed by atoms with van der Waals surface area (Å²) in [5, 5.41) is 0.212. The monoisotopic (exact) mass is 524 g/mol. The van der Waals surface area contributed by atoms with E-state index < -0.39 is 41.8 Å². The van der Waals surface area contributed by atoms with Gasteiger partial charge in [-0.3, -0.25) is 9.79 Å². The number of fused-ring (bicyclic) bond motifs is 1. The highest BCUT2D eigenvalue weighted by Crippen LogP contribution is 2.66. The van der Waals surface area contributed by atoms with Gasteiger partial charge < -0.3 is 20.9 Å². The van der Waals surface area contributed by atoms with Crippen LogP contribution in [0.2, 0.25) is 25.7 Å². The second-order valence-electron chi connectivity index (χ2n) is 11.7. The molecular formula is C24H37FN4O4SSi. The van der Waals surface area contributed by atoms with Crippen LogP contribution in [-0.4, -0.2) is 53.8 Å². The molecule has 194 valence electrons. The number of hydrogen-bond acceptors (Lipinski definition) is 7. The summed E-state index contributed by atoms with van der Waals surface area (Å²) in [5.41, 5.74) is 10.5. The Hall–Kier alpha value is -2.11. The molecule has 4 N–H and O–H groups in total. The number of ether oxygens (including phenoxy) is 2. The van der Waals surface area contributed by atoms with Crippen molar-refractivity contribution in [2.45, 2.75) is 75.7 Å². The first-order chi connectivity index (χ1) is 16.0. The number of nitrogens with two attached hydrogens (primary N) is 2. The number of halogens is 1. The van der Waals surface area contributed by atoms with E-state index in [1.807, 2.05) is 0 Å². The first-order valence-electron chi connectivity index (χ1n) is 11.7. The van der Waals surface area contributed by atoms with Gasteiger partial charge in [-0.1, -0.05) is 31.4 Å². The van der Waals surface area contributed by atoms with Gasteiger partial charge in [0.25, 0.3) is 0 Å². The molecule has 1 aromatic carbocycles. The van der Waals surface area contributed by atoms with Crippen LogP contribution in [0.15, 0.2) is 23.2 Å². The van der Waals surface area contributed by atoms with Crippen molar-refractivity contribution in [3.63, 3.8) is 0 Å². The van der Waals surface area contributed by atoms with Gasteiger partial charge in [0.2, 0.25) is 5.91 Å². The Kier molecular flexibility index (Phi) is 7.38. The summed E-state index contributed by atoms with van der Waals surface area (Å²) in [4.78, 5) is 32.0. The fraction of sp³-hybridized carbons (Fsp3) is 0.625. The number of anilines is 1. The third-order valence-corrected chi connectivity index (χ3v) is 9.42. The Morgan fingerprint density at radius 3 is 2.54 bits per heavy atom. The van der Waals surface area contributed by atoms with Crippen molar-refractivity contribution in [2.75, 3.05) is 19.1 Å². The van der Waals surface area contributed by atoms with Crippen LogP contribution in [0.5, 0.6) is 0 Å². The molecule has 0 spiro atoms. The van der Waals surface area contributed by atoms with E-state index in [1.165, 1.54) is 23.1 Å². The van der Waals surface area contributed by atoms with Crippen molar-refractivity contribution in [2.24, 2.45) is 16.6 Å². The number of amidine groups is 1. The number of nitrogen functional groups attached to an aromatic ring is 1. The molecule has 35 heavy (non-hydrogen) atoms. The lowest BCUT2D eigenvalue weighted by molar-refractivity contribution is -0.118. The number of benzene rings is 1. The van der Waals surface area contributed by atoms with Crippen molar-refractivity contribution in [1.82, 2.24) is 4.90 Å². The molecule has 0 saturated heterocycles. The van der Waals surface area contributed by atoms with Gasteiger partial charge in [0.15, 0.2) is 5.17 Å². The number of rotatable bonds is 7. The number of thioether (sulfide) groups is 1. The lowest BCUT2D eigenvalue weighted by atomic mass is 9.85. The molecule has 2 amide bonds. The summed E-state index contributed by atoms with van der Waals surface area (Å²) in [7, 11) is -1.35. The van der Waals surface area contributed by atoms with E-state index in [2.05, 4.69) is 19.6 Å². The van der Waals surface area contributed by atoms with Gasteiger partial charge in [0.1, 0.15) is 22.9 Å². The van der Waals surface area contributed by atoms with Crippen LogP contribution in [0, 0.1) is 11.7 Å². The summed E-state index contributed by atoms with van der Waals surface area (Å²) in [6.45, 7) is 14.1. The zero-order chi connectivity index (χ0) is 26.4. The normalized spacial score (nSPS) is 25.9. The highest BCUT2D eigenvalue weighted by Gasteiger charge is 2.70. The molecule has 3 atom stereocenters. The predicted molar refractivity (Wildman–Crippen MR) is 140 cm³/mol. The van der Waals surface area contributed by atoms with Crippen LogP contribution in [0.1, 0.15) is 39.7 Å². The summed E-state index contributed by atoms with van der Waals surface area (Å²) in [6, 6.07) is 5.19. The van der Waals surface area contributed by atoms with Crippen LogP contribution in [0.4, 0.5) is 14.9 Å². The number of hydrogen-bond donors (Lipinski definition) is 2. The van der Waals surface area contributed by atoms with E-state index in [0.29, 0.717) is 18.7 Å². The molecule has 2 aliphatic rings. The summed E-state index contributed by atoms with van der Waals surface area (Å²) < 4.78 is 25.5. The van der Waals surface area contributed by atoms with Crippen molar-refractivity contribution in [1.29, 1.82) is 0 Å². The van der Waals surface area contributed by atoms with E-state index in [4.69, 9.17) is 25.9 Å². The van der Waals surface area contributed by atoms with Crippen molar-refractivity contribution in [3.05, 3.63) is 29.6 Å². The fourth-order valence-electron chi connectivity index (χ4n) is 4.13. The highest BCUT2D eigenvalue weighted by atomic mass is 32.2. The van der Waals surface area contributed by atoms with Crippen LogP contribution in [0.3, 0.4) is 0 Å². The lowest BCUT2D eigenvalue weighted by Gasteiger charge is -2.37. The second-order valence-corrected chi connectivity index (χ2v) is 18.6. The first-order valence-corrected chi connectivity index (χ1v) is 16.2. The molecule has 3 rings (SSSR count). The molecule has 1 aliphatic carbocycles. The molecular weight excluding hydrogens is 487 g/mol. The minimum absolute atomic E-state index is 0.111. The maximum absolute atomic E-state index is 15.0. The van der Waals surface area contributed by atoms with Gasteiger partial charge in [-0.2, -0.15) is 0 Å². The molecule has 11 heteroatoms. The number of aliphatic imine (C=N–C) groups is 1. The maximum Gasteiger partial charge on any atom is 0.418 e. The number of amides is 2. The number of carbonyl (C=O) groups excluding carboxylic acids is 2. The highest BCUT2D eigenvalue weighted by molar-refractivity contribution is 8.16. The number of nitrogens with zero attached hydrogens (tertiary/aromatic N) is 2. The van der Waals surface area contributed by atoms with E-state index in [9.17, 15) is 9.59 Å².